The third-order valence-electron chi connectivity index (χ3n) is 5.54. The number of oxazole rings is 1. The van der Waals surface area contributed by atoms with Crippen LogP contribution in [0.1, 0.15) is 23.7 Å². The van der Waals surface area contributed by atoms with Gasteiger partial charge in [0.2, 0.25) is 5.95 Å². The second-order valence-corrected chi connectivity index (χ2v) is 8.02. The molecule has 2 aromatic heterocycles. The van der Waals surface area contributed by atoms with E-state index in [9.17, 15) is 18.0 Å². The smallest absolute Gasteiger partial charge is 0.462 e. The standard InChI is InChI=1S/C23H21F3N4O5/c1-2-33-20(31)14-3-6-18-17(9-14)27-21(30(18)11-13-7-8-32-12-13)29-22-28-16-5-4-15(10-19(16)34-22)35-23(24,25)26/h3-6,9-10,13H,2,7-8,11-12H2,1H3,(H,27,28,29). The number of halogens is 3. The number of hydrogen-bond donors (Lipinski definition) is 1. The van der Waals surface area contributed by atoms with Crippen LogP contribution in [0.3, 0.4) is 0 Å². The SMILES string of the molecule is CCOC(=O)c1ccc2c(c1)nc(Nc1nc3ccc(OC(F)(F)F)cc3o1)n2CC1CCOC1. The molecule has 184 valence electrons. The molecule has 12 heteroatoms. The number of nitrogens with zero attached hydrogens (tertiary/aromatic N) is 3. The molecule has 0 amide bonds. The summed E-state index contributed by atoms with van der Waals surface area (Å²) in [6, 6.07) is 8.81. The Kier molecular flexibility index (Phi) is 5.97. The second-order valence-electron chi connectivity index (χ2n) is 8.02. The van der Waals surface area contributed by atoms with Crippen molar-refractivity contribution in [2.24, 2.45) is 5.92 Å². The first-order chi connectivity index (χ1) is 16.8. The van der Waals surface area contributed by atoms with Crippen molar-refractivity contribution in [1.29, 1.82) is 0 Å². The van der Waals surface area contributed by atoms with E-state index in [2.05, 4.69) is 20.0 Å². The summed E-state index contributed by atoms with van der Waals surface area (Å²) in [5, 5.41) is 3.02. The molecule has 0 spiro atoms. The van der Waals surface area contributed by atoms with Crippen molar-refractivity contribution in [2.45, 2.75) is 26.3 Å². The van der Waals surface area contributed by atoms with E-state index in [-0.39, 0.29) is 24.1 Å². The number of imidazole rings is 1. The molecule has 1 N–H and O–H groups in total. The van der Waals surface area contributed by atoms with Crippen molar-refractivity contribution in [1.82, 2.24) is 14.5 Å². The number of nitrogens with one attached hydrogen (secondary N) is 1. The Hall–Kier alpha value is -3.80. The Balaban J connectivity index is 1.49. The molecule has 5 rings (SSSR count). The highest BCUT2D eigenvalue weighted by molar-refractivity contribution is 5.94. The van der Waals surface area contributed by atoms with Crippen molar-refractivity contribution in [3.8, 4) is 5.75 Å². The maximum atomic E-state index is 12.5. The van der Waals surface area contributed by atoms with Crippen molar-refractivity contribution in [2.75, 3.05) is 25.1 Å². The van der Waals surface area contributed by atoms with Gasteiger partial charge in [-0.25, -0.2) is 9.78 Å². The Morgan fingerprint density at radius 2 is 2.06 bits per heavy atom. The number of rotatable bonds is 7. The van der Waals surface area contributed by atoms with Crippen LogP contribution < -0.4 is 10.1 Å². The number of carbonyl (C=O) groups excluding carboxylic acids is 1. The molecule has 1 saturated heterocycles. The zero-order valence-corrected chi connectivity index (χ0v) is 18.6. The van der Waals surface area contributed by atoms with E-state index < -0.39 is 18.1 Å². The molecule has 1 unspecified atom stereocenters. The van der Waals surface area contributed by atoms with Crippen LogP contribution in [0.4, 0.5) is 25.1 Å². The summed E-state index contributed by atoms with van der Waals surface area (Å²) in [6.45, 7) is 3.88. The topological polar surface area (TPSA) is 101 Å². The average molecular weight is 490 g/mol. The summed E-state index contributed by atoms with van der Waals surface area (Å²) in [6.07, 6.45) is -3.92. The van der Waals surface area contributed by atoms with Gasteiger partial charge in [-0.2, -0.15) is 4.98 Å². The third kappa shape index (κ3) is 5.02. The minimum Gasteiger partial charge on any atom is -0.462 e. The maximum absolute atomic E-state index is 12.5. The fourth-order valence-electron chi connectivity index (χ4n) is 3.99. The predicted octanol–water partition coefficient (Wildman–Crippen LogP) is 5.03. The molecule has 0 radical (unpaired) electrons. The Morgan fingerprint density at radius 1 is 1.20 bits per heavy atom. The van der Waals surface area contributed by atoms with Gasteiger partial charge in [-0.1, -0.05) is 0 Å². The van der Waals surface area contributed by atoms with Gasteiger partial charge in [0, 0.05) is 25.1 Å². The number of esters is 1. The van der Waals surface area contributed by atoms with Crippen LogP contribution in [0.5, 0.6) is 5.75 Å². The quantitative estimate of drug-likeness (QED) is 0.360. The normalized spacial score (nSPS) is 16.2. The molecule has 0 saturated carbocycles. The van der Waals surface area contributed by atoms with Crippen LogP contribution >= 0.6 is 0 Å². The Bertz CT molecular complexity index is 1370. The molecular formula is C23H21F3N4O5. The number of ether oxygens (including phenoxy) is 3. The Morgan fingerprint density at radius 3 is 2.80 bits per heavy atom. The molecule has 1 aliphatic rings. The van der Waals surface area contributed by atoms with E-state index in [4.69, 9.17) is 13.9 Å². The first kappa shape index (κ1) is 23.0. The van der Waals surface area contributed by atoms with E-state index in [1.807, 2.05) is 4.57 Å². The Labute approximate surface area is 196 Å². The van der Waals surface area contributed by atoms with Gasteiger partial charge in [0.15, 0.2) is 5.58 Å². The fourth-order valence-corrected chi connectivity index (χ4v) is 3.99. The van der Waals surface area contributed by atoms with Gasteiger partial charge >= 0.3 is 18.3 Å². The second kappa shape index (κ2) is 9.10. The van der Waals surface area contributed by atoms with Gasteiger partial charge < -0.3 is 23.2 Å². The number of hydrogen-bond acceptors (Lipinski definition) is 8. The summed E-state index contributed by atoms with van der Waals surface area (Å²) in [4.78, 5) is 21.1. The van der Waals surface area contributed by atoms with E-state index in [1.54, 1.807) is 25.1 Å². The van der Waals surface area contributed by atoms with Crippen molar-refractivity contribution in [3.05, 3.63) is 42.0 Å². The summed E-state index contributed by atoms with van der Waals surface area (Å²) in [5.41, 5.74) is 2.18. The van der Waals surface area contributed by atoms with Gasteiger partial charge in [-0.15, -0.1) is 13.2 Å². The monoisotopic (exact) mass is 490 g/mol. The van der Waals surface area contributed by atoms with Crippen LogP contribution in [-0.4, -0.2) is 46.7 Å². The highest BCUT2D eigenvalue weighted by Gasteiger charge is 2.31. The largest absolute Gasteiger partial charge is 0.573 e. The van der Waals surface area contributed by atoms with Crippen LogP contribution in [0.15, 0.2) is 40.8 Å². The lowest BCUT2D eigenvalue weighted by Crippen LogP contribution is -2.16. The van der Waals surface area contributed by atoms with Gasteiger partial charge in [-0.3, -0.25) is 5.32 Å². The van der Waals surface area contributed by atoms with Gasteiger partial charge in [0.25, 0.3) is 0 Å². The molecule has 1 atom stereocenters. The van der Waals surface area contributed by atoms with Crippen molar-refractivity contribution < 1.29 is 36.6 Å². The zero-order valence-electron chi connectivity index (χ0n) is 18.6. The molecule has 0 aliphatic carbocycles. The number of aromatic nitrogens is 3. The molecule has 2 aromatic carbocycles. The summed E-state index contributed by atoms with van der Waals surface area (Å²) in [5.74, 6) is -0.180. The highest BCUT2D eigenvalue weighted by Crippen LogP contribution is 2.31. The zero-order chi connectivity index (χ0) is 24.6. The predicted molar refractivity (Wildman–Crippen MR) is 119 cm³/mol. The van der Waals surface area contributed by atoms with Crippen LogP contribution in [0.25, 0.3) is 22.1 Å². The van der Waals surface area contributed by atoms with Crippen LogP contribution in [0, 0.1) is 5.92 Å². The summed E-state index contributed by atoms with van der Waals surface area (Å²) >= 11 is 0. The molecule has 4 aromatic rings. The highest BCUT2D eigenvalue weighted by atomic mass is 19.4. The number of alkyl halides is 3. The first-order valence-corrected chi connectivity index (χ1v) is 11.0. The van der Waals surface area contributed by atoms with Gasteiger partial charge in [0.05, 0.1) is 29.8 Å². The third-order valence-corrected chi connectivity index (χ3v) is 5.54. The molecule has 3 heterocycles. The van der Waals surface area contributed by atoms with Gasteiger partial charge in [-0.05, 0) is 43.7 Å². The maximum Gasteiger partial charge on any atom is 0.573 e. The first-order valence-electron chi connectivity index (χ1n) is 11.0. The molecule has 9 nitrogen and oxygen atoms in total. The minimum atomic E-state index is -4.81. The lowest BCUT2D eigenvalue weighted by atomic mass is 10.1. The number of carbonyl (C=O) groups is 1. The lowest BCUT2D eigenvalue weighted by molar-refractivity contribution is -0.274. The van der Waals surface area contributed by atoms with E-state index in [0.29, 0.717) is 42.3 Å². The average Bonchev–Trinajstić information content (AvgIpc) is 3.52. The van der Waals surface area contributed by atoms with Crippen molar-refractivity contribution in [3.63, 3.8) is 0 Å². The van der Waals surface area contributed by atoms with Crippen LogP contribution in [-0.2, 0) is 16.0 Å². The lowest BCUT2D eigenvalue weighted by Gasteiger charge is -2.13. The molecule has 1 fully saturated rings. The van der Waals surface area contributed by atoms with Crippen LogP contribution in [0.2, 0.25) is 0 Å². The molecule has 1 aliphatic heterocycles. The summed E-state index contributed by atoms with van der Waals surface area (Å²) < 4.78 is 59.7. The molecule has 35 heavy (non-hydrogen) atoms. The van der Waals surface area contributed by atoms with E-state index >= 15 is 0 Å². The minimum absolute atomic E-state index is 0.0500. The van der Waals surface area contributed by atoms with E-state index in [1.165, 1.54) is 6.07 Å². The van der Waals surface area contributed by atoms with Crippen molar-refractivity contribution >= 4 is 40.1 Å². The number of fused-ring (bicyclic) bond motifs is 2. The fraction of sp³-hybridized carbons (Fsp3) is 0.348. The molecular weight excluding hydrogens is 469 g/mol. The number of benzene rings is 2. The number of anilines is 2. The molecule has 0 bridgehead atoms. The van der Waals surface area contributed by atoms with E-state index in [0.717, 1.165) is 24.1 Å². The summed E-state index contributed by atoms with van der Waals surface area (Å²) in [7, 11) is 0. The van der Waals surface area contributed by atoms with Gasteiger partial charge in [0.1, 0.15) is 11.3 Å².